The molecule has 0 spiro atoms. The molecule has 1 rings (SSSR count). The molecular weight excluding hydrogens is 236 g/mol. The number of amides is 1. The molecule has 0 aromatic carbocycles. The molecule has 0 saturated carbocycles. The van der Waals surface area contributed by atoms with Crippen LogP contribution in [0.1, 0.15) is 54.9 Å². The van der Waals surface area contributed by atoms with Gasteiger partial charge < -0.3 is 5.32 Å². The molecule has 2 unspecified atom stereocenters. The van der Waals surface area contributed by atoms with E-state index in [1.807, 2.05) is 0 Å². The summed E-state index contributed by atoms with van der Waals surface area (Å²) in [5, 5.41) is 3.13. The van der Waals surface area contributed by atoms with Crippen molar-refractivity contribution in [3.8, 4) is 0 Å². The Kier molecular flexibility index (Phi) is 5.05. The molecule has 1 saturated heterocycles. The number of nitrogens with one attached hydrogen (secondary N) is 1. The van der Waals surface area contributed by atoms with Crippen LogP contribution in [0.25, 0.3) is 0 Å². The SMILES string of the molecule is CCCN1CNC(=O)C(C(C)(C)C)C(C(C)(C)C)C1. The molecule has 112 valence electrons. The minimum absolute atomic E-state index is 0.00422. The van der Waals surface area contributed by atoms with Gasteiger partial charge in [0.05, 0.1) is 6.67 Å². The zero-order valence-electron chi connectivity index (χ0n) is 13.8. The van der Waals surface area contributed by atoms with Crippen molar-refractivity contribution in [2.24, 2.45) is 22.7 Å². The van der Waals surface area contributed by atoms with Crippen LogP contribution in [0, 0.1) is 22.7 Å². The highest BCUT2D eigenvalue weighted by molar-refractivity contribution is 5.80. The summed E-state index contributed by atoms with van der Waals surface area (Å²) >= 11 is 0. The first kappa shape index (κ1) is 16.5. The summed E-state index contributed by atoms with van der Waals surface area (Å²) in [5.74, 6) is 0.696. The first-order chi connectivity index (χ1) is 8.57. The minimum atomic E-state index is 0.00422. The van der Waals surface area contributed by atoms with Crippen molar-refractivity contribution in [1.82, 2.24) is 10.2 Å². The Morgan fingerprint density at radius 3 is 2.16 bits per heavy atom. The monoisotopic (exact) mass is 268 g/mol. The van der Waals surface area contributed by atoms with Gasteiger partial charge in [-0.15, -0.1) is 0 Å². The average molecular weight is 268 g/mol. The van der Waals surface area contributed by atoms with Crippen LogP contribution in [0.2, 0.25) is 0 Å². The first-order valence-electron chi connectivity index (χ1n) is 7.57. The van der Waals surface area contributed by atoms with E-state index in [-0.39, 0.29) is 22.7 Å². The van der Waals surface area contributed by atoms with Gasteiger partial charge in [-0.05, 0) is 29.7 Å². The predicted molar refractivity (Wildman–Crippen MR) is 80.8 cm³/mol. The van der Waals surface area contributed by atoms with Gasteiger partial charge in [0, 0.05) is 12.5 Å². The fourth-order valence-electron chi connectivity index (χ4n) is 3.19. The van der Waals surface area contributed by atoms with Crippen molar-refractivity contribution >= 4 is 5.91 Å². The fourth-order valence-corrected chi connectivity index (χ4v) is 3.19. The van der Waals surface area contributed by atoms with Gasteiger partial charge in [0.1, 0.15) is 0 Å². The molecule has 1 aliphatic rings. The second kappa shape index (κ2) is 5.82. The number of rotatable bonds is 2. The molecule has 19 heavy (non-hydrogen) atoms. The second-order valence-electron chi connectivity index (χ2n) is 8.09. The number of carbonyl (C=O) groups excluding carboxylic acids is 1. The van der Waals surface area contributed by atoms with Crippen molar-refractivity contribution in [3.63, 3.8) is 0 Å². The molecule has 0 aromatic heterocycles. The van der Waals surface area contributed by atoms with Crippen molar-refractivity contribution in [3.05, 3.63) is 0 Å². The molecule has 2 atom stereocenters. The van der Waals surface area contributed by atoms with Crippen LogP contribution in [-0.2, 0) is 4.79 Å². The average Bonchev–Trinajstić information content (AvgIpc) is 2.37. The predicted octanol–water partition coefficient (Wildman–Crippen LogP) is 3.11. The molecule has 0 radical (unpaired) electrons. The quantitative estimate of drug-likeness (QED) is 0.834. The van der Waals surface area contributed by atoms with E-state index in [0.717, 1.165) is 19.5 Å². The van der Waals surface area contributed by atoms with Crippen LogP contribution in [0.3, 0.4) is 0 Å². The normalized spacial score (nSPS) is 27.0. The van der Waals surface area contributed by atoms with Crippen molar-refractivity contribution in [1.29, 1.82) is 0 Å². The lowest BCUT2D eigenvalue weighted by atomic mass is 9.64. The molecule has 3 heteroatoms. The molecule has 1 amide bonds. The van der Waals surface area contributed by atoms with Gasteiger partial charge >= 0.3 is 0 Å². The molecule has 1 heterocycles. The molecule has 1 fully saturated rings. The van der Waals surface area contributed by atoms with Crippen molar-refractivity contribution < 1.29 is 4.79 Å². The molecule has 0 bridgehead atoms. The highest BCUT2D eigenvalue weighted by atomic mass is 16.2. The summed E-state index contributed by atoms with van der Waals surface area (Å²) in [6.07, 6.45) is 1.13. The van der Waals surface area contributed by atoms with E-state index in [4.69, 9.17) is 0 Å². The van der Waals surface area contributed by atoms with Gasteiger partial charge in [0.2, 0.25) is 5.91 Å². The number of hydrogen-bond acceptors (Lipinski definition) is 2. The summed E-state index contributed by atoms with van der Waals surface area (Å²) in [6.45, 7) is 18.3. The first-order valence-corrected chi connectivity index (χ1v) is 7.57. The van der Waals surface area contributed by atoms with Gasteiger partial charge in [0.25, 0.3) is 0 Å². The highest BCUT2D eigenvalue weighted by Crippen LogP contribution is 2.42. The number of hydrogen-bond donors (Lipinski definition) is 1. The summed E-state index contributed by atoms with van der Waals surface area (Å²) in [7, 11) is 0. The third kappa shape index (κ3) is 4.20. The summed E-state index contributed by atoms with van der Waals surface area (Å²) in [5.41, 5.74) is 0.149. The second-order valence-corrected chi connectivity index (χ2v) is 8.09. The zero-order valence-corrected chi connectivity index (χ0v) is 13.8. The Labute approximate surface area is 119 Å². The maximum absolute atomic E-state index is 12.5. The molecule has 0 aliphatic carbocycles. The van der Waals surface area contributed by atoms with Gasteiger partial charge in [-0.2, -0.15) is 0 Å². The van der Waals surface area contributed by atoms with E-state index >= 15 is 0 Å². The van der Waals surface area contributed by atoms with E-state index < -0.39 is 0 Å². The van der Waals surface area contributed by atoms with Crippen molar-refractivity contribution in [2.75, 3.05) is 19.8 Å². The third-order valence-electron chi connectivity index (χ3n) is 4.20. The lowest BCUT2D eigenvalue weighted by Gasteiger charge is -2.42. The lowest BCUT2D eigenvalue weighted by Crippen LogP contribution is -2.45. The highest BCUT2D eigenvalue weighted by Gasteiger charge is 2.45. The Hall–Kier alpha value is -0.570. The Bertz CT molecular complexity index is 312. The van der Waals surface area contributed by atoms with Crippen LogP contribution in [0.5, 0.6) is 0 Å². The fraction of sp³-hybridized carbons (Fsp3) is 0.938. The number of nitrogens with zero attached hydrogens (tertiary/aromatic N) is 1. The number of carbonyl (C=O) groups is 1. The maximum atomic E-state index is 12.5. The van der Waals surface area contributed by atoms with E-state index in [9.17, 15) is 4.79 Å². The Balaban J connectivity index is 3.08. The van der Waals surface area contributed by atoms with E-state index in [1.165, 1.54) is 0 Å². The Morgan fingerprint density at radius 2 is 1.74 bits per heavy atom. The standard InChI is InChI=1S/C16H32N2O/c1-8-9-18-10-12(15(2,3)4)13(16(5,6)7)14(19)17-11-18/h12-13H,8-11H2,1-7H3,(H,17,19). The molecule has 3 nitrogen and oxygen atoms in total. The van der Waals surface area contributed by atoms with E-state index in [2.05, 4.69) is 58.7 Å². The summed E-state index contributed by atoms with van der Waals surface area (Å²) in [4.78, 5) is 14.9. The Morgan fingerprint density at radius 1 is 1.16 bits per heavy atom. The molecule has 1 aliphatic heterocycles. The summed E-state index contributed by atoms with van der Waals surface area (Å²) in [6, 6.07) is 0. The van der Waals surface area contributed by atoms with E-state index in [1.54, 1.807) is 0 Å². The topological polar surface area (TPSA) is 32.3 Å². The van der Waals surface area contributed by atoms with Crippen LogP contribution < -0.4 is 5.32 Å². The van der Waals surface area contributed by atoms with Gasteiger partial charge in [-0.25, -0.2) is 0 Å². The lowest BCUT2D eigenvalue weighted by molar-refractivity contribution is -0.131. The zero-order chi connectivity index (χ0) is 14.8. The maximum Gasteiger partial charge on any atom is 0.224 e. The molecule has 0 aromatic rings. The molecular formula is C16H32N2O. The molecule has 1 N–H and O–H groups in total. The van der Waals surface area contributed by atoms with Crippen LogP contribution in [0.15, 0.2) is 0 Å². The van der Waals surface area contributed by atoms with Crippen LogP contribution in [-0.4, -0.2) is 30.6 Å². The van der Waals surface area contributed by atoms with Crippen LogP contribution >= 0.6 is 0 Å². The largest absolute Gasteiger partial charge is 0.343 e. The smallest absolute Gasteiger partial charge is 0.224 e. The van der Waals surface area contributed by atoms with Crippen molar-refractivity contribution in [2.45, 2.75) is 54.9 Å². The van der Waals surface area contributed by atoms with Gasteiger partial charge in [-0.3, -0.25) is 9.69 Å². The minimum Gasteiger partial charge on any atom is -0.343 e. The summed E-state index contributed by atoms with van der Waals surface area (Å²) < 4.78 is 0. The van der Waals surface area contributed by atoms with Gasteiger partial charge in [0.15, 0.2) is 0 Å². The van der Waals surface area contributed by atoms with Crippen LogP contribution in [0.4, 0.5) is 0 Å². The van der Waals surface area contributed by atoms with E-state index in [0.29, 0.717) is 12.6 Å². The van der Waals surface area contributed by atoms with Gasteiger partial charge in [-0.1, -0.05) is 48.5 Å². The third-order valence-corrected chi connectivity index (χ3v) is 4.20.